The number of hydrogen-bond donors (Lipinski definition) is 2. The fraction of sp³-hybridized carbons (Fsp3) is 0.611. The number of aromatic nitrogens is 1. The van der Waals surface area contributed by atoms with Gasteiger partial charge in [0.15, 0.2) is 0 Å². The Hall–Kier alpha value is -1.99. The van der Waals surface area contributed by atoms with Gasteiger partial charge in [-0.2, -0.15) is 0 Å². The average Bonchev–Trinajstić information content (AvgIpc) is 3.14. The van der Waals surface area contributed by atoms with Gasteiger partial charge in [0.1, 0.15) is 6.04 Å². The first-order valence-electron chi connectivity index (χ1n) is 9.10. The fourth-order valence-corrected chi connectivity index (χ4v) is 4.51. The molecule has 25 heavy (non-hydrogen) atoms. The first-order chi connectivity index (χ1) is 12.1. The minimum absolute atomic E-state index is 0.0257. The number of likely N-dealkylation sites (N-methyl/N-ethyl adjacent to an activating group) is 1. The lowest BCUT2D eigenvalue weighted by Crippen LogP contribution is -2.67. The number of carbonyl (C=O) groups is 2. The van der Waals surface area contributed by atoms with E-state index in [0.717, 1.165) is 37.8 Å². The Labute approximate surface area is 147 Å². The van der Waals surface area contributed by atoms with Crippen LogP contribution in [-0.4, -0.2) is 58.4 Å². The number of nitrogens with zero attached hydrogens (tertiary/aromatic N) is 3. The van der Waals surface area contributed by atoms with Crippen molar-refractivity contribution in [2.45, 2.75) is 50.4 Å². The van der Waals surface area contributed by atoms with E-state index in [-0.39, 0.29) is 29.8 Å². The van der Waals surface area contributed by atoms with Crippen molar-refractivity contribution >= 4 is 11.8 Å². The van der Waals surface area contributed by atoms with Crippen LogP contribution in [-0.2, 0) is 16.1 Å². The molecule has 4 rings (SSSR count). The smallest absolute Gasteiger partial charge is 0.241 e. The van der Waals surface area contributed by atoms with Gasteiger partial charge >= 0.3 is 0 Å². The number of nitrogens with one attached hydrogen (secondary N) is 2. The molecule has 1 aliphatic carbocycles. The first-order valence-corrected chi connectivity index (χ1v) is 9.10. The molecule has 0 radical (unpaired) electrons. The highest BCUT2D eigenvalue weighted by Crippen LogP contribution is 2.36. The molecule has 134 valence electrons. The maximum atomic E-state index is 12.6. The molecule has 0 spiro atoms. The van der Waals surface area contributed by atoms with Crippen LogP contribution >= 0.6 is 0 Å². The number of carbonyl (C=O) groups excluding carboxylic acids is 2. The lowest BCUT2D eigenvalue weighted by Gasteiger charge is -2.50. The van der Waals surface area contributed by atoms with Crippen molar-refractivity contribution < 1.29 is 9.59 Å². The minimum Gasteiger partial charge on any atom is -0.352 e. The molecule has 2 aliphatic heterocycles. The van der Waals surface area contributed by atoms with Crippen LogP contribution in [0.4, 0.5) is 0 Å². The average molecular weight is 343 g/mol. The van der Waals surface area contributed by atoms with Crippen molar-refractivity contribution in [1.82, 2.24) is 25.6 Å². The monoisotopic (exact) mass is 343 g/mol. The Kier molecular flexibility index (Phi) is 4.43. The lowest BCUT2D eigenvalue weighted by molar-refractivity contribution is -0.153. The molecule has 1 aromatic rings. The van der Waals surface area contributed by atoms with Crippen LogP contribution in [0, 0.1) is 5.92 Å². The molecule has 7 nitrogen and oxygen atoms in total. The van der Waals surface area contributed by atoms with Crippen LogP contribution in [0.5, 0.6) is 0 Å². The van der Waals surface area contributed by atoms with Gasteiger partial charge in [0.2, 0.25) is 11.8 Å². The highest BCUT2D eigenvalue weighted by molar-refractivity contribution is 5.84. The molecule has 3 fully saturated rings. The van der Waals surface area contributed by atoms with Crippen molar-refractivity contribution in [3.63, 3.8) is 0 Å². The van der Waals surface area contributed by atoms with Gasteiger partial charge in [-0.3, -0.25) is 20.0 Å². The van der Waals surface area contributed by atoms with Crippen LogP contribution in [0.1, 0.15) is 31.2 Å². The van der Waals surface area contributed by atoms with E-state index in [1.165, 1.54) is 0 Å². The number of piperazine rings is 1. The highest BCUT2D eigenvalue weighted by Gasteiger charge is 2.50. The normalized spacial score (nSPS) is 32.2. The number of pyridine rings is 1. The van der Waals surface area contributed by atoms with Gasteiger partial charge in [-0.25, -0.2) is 5.01 Å². The molecule has 0 aromatic carbocycles. The standard InChI is InChI=1S/C18H25N5O2/c1-22-16-9-13(17(24)20-11-12-3-2-7-19-10-12)4-5-14(16)23-15(18(22)25)6-8-21-23/h2-3,7,10,13-16,21H,4-6,8-9,11H2,1H3,(H,20,24). The summed E-state index contributed by atoms with van der Waals surface area (Å²) in [5.74, 6) is 0.231. The molecule has 0 bridgehead atoms. The molecule has 1 saturated carbocycles. The zero-order chi connectivity index (χ0) is 17.4. The van der Waals surface area contributed by atoms with E-state index in [2.05, 4.69) is 20.7 Å². The molecule has 3 heterocycles. The summed E-state index contributed by atoms with van der Waals surface area (Å²) in [7, 11) is 1.89. The predicted octanol–water partition coefficient (Wildman–Crippen LogP) is 0.286. The lowest BCUT2D eigenvalue weighted by atomic mass is 9.79. The third kappa shape index (κ3) is 3.02. The topological polar surface area (TPSA) is 77.6 Å². The summed E-state index contributed by atoms with van der Waals surface area (Å²) in [6, 6.07) is 4.23. The van der Waals surface area contributed by atoms with E-state index >= 15 is 0 Å². The van der Waals surface area contributed by atoms with Gasteiger partial charge in [0, 0.05) is 50.5 Å². The third-order valence-corrected chi connectivity index (χ3v) is 5.88. The molecule has 3 aliphatic rings. The molecule has 4 atom stereocenters. The molecular weight excluding hydrogens is 318 g/mol. The van der Waals surface area contributed by atoms with Gasteiger partial charge in [0.25, 0.3) is 0 Å². The van der Waals surface area contributed by atoms with Crippen LogP contribution in [0.3, 0.4) is 0 Å². The summed E-state index contributed by atoms with van der Waals surface area (Å²) in [6.07, 6.45) is 6.91. The second kappa shape index (κ2) is 6.72. The van der Waals surface area contributed by atoms with Crippen molar-refractivity contribution in [3.8, 4) is 0 Å². The number of fused-ring (bicyclic) bond motifs is 3. The van der Waals surface area contributed by atoms with E-state index in [1.807, 2.05) is 24.1 Å². The van der Waals surface area contributed by atoms with Crippen molar-refractivity contribution in [1.29, 1.82) is 0 Å². The quantitative estimate of drug-likeness (QED) is 0.825. The second-order valence-electron chi connectivity index (χ2n) is 7.29. The molecular formula is C18H25N5O2. The number of hydrazine groups is 1. The van der Waals surface area contributed by atoms with Crippen LogP contribution in [0.25, 0.3) is 0 Å². The highest BCUT2D eigenvalue weighted by atomic mass is 16.2. The van der Waals surface area contributed by atoms with Gasteiger partial charge in [-0.05, 0) is 37.3 Å². The van der Waals surface area contributed by atoms with Gasteiger partial charge < -0.3 is 10.2 Å². The summed E-state index contributed by atoms with van der Waals surface area (Å²) < 4.78 is 0. The summed E-state index contributed by atoms with van der Waals surface area (Å²) in [4.78, 5) is 31.1. The summed E-state index contributed by atoms with van der Waals surface area (Å²) in [5.41, 5.74) is 4.38. The Bertz CT molecular complexity index is 652. The number of amides is 2. The second-order valence-corrected chi connectivity index (χ2v) is 7.29. The van der Waals surface area contributed by atoms with E-state index in [9.17, 15) is 9.59 Å². The maximum Gasteiger partial charge on any atom is 0.241 e. The predicted molar refractivity (Wildman–Crippen MR) is 92.0 cm³/mol. The molecule has 7 heteroatoms. The third-order valence-electron chi connectivity index (χ3n) is 5.88. The van der Waals surface area contributed by atoms with Gasteiger partial charge in [-0.15, -0.1) is 0 Å². The Morgan fingerprint density at radius 3 is 3.04 bits per heavy atom. The van der Waals surface area contributed by atoms with Gasteiger partial charge in [-0.1, -0.05) is 6.07 Å². The summed E-state index contributed by atoms with van der Waals surface area (Å²) in [5, 5.41) is 5.19. The van der Waals surface area contributed by atoms with Crippen molar-refractivity contribution in [2.24, 2.45) is 5.92 Å². The van der Waals surface area contributed by atoms with Crippen LogP contribution in [0.2, 0.25) is 0 Å². The Morgan fingerprint density at radius 2 is 2.24 bits per heavy atom. The molecule has 4 unspecified atom stereocenters. The molecule has 2 amide bonds. The molecule has 1 aromatic heterocycles. The van der Waals surface area contributed by atoms with Crippen LogP contribution in [0.15, 0.2) is 24.5 Å². The zero-order valence-corrected chi connectivity index (χ0v) is 14.5. The molecule has 2 saturated heterocycles. The first kappa shape index (κ1) is 16.5. The Balaban J connectivity index is 1.39. The zero-order valence-electron chi connectivity index (χ0n) is 14.5. The maximum absolute atomic E-state index is 12.6. The van der Waals surface area contributed by atoms with Gasteiger partial charge in [0.05, 0.1) is 0 Å². The van der Waals surface area contributed by atoms with E-state index < -0.39 is 0 Å². The Morgan fingerprint density at radius 1 is 1.36 bits per heavy atom. The number of rotatable bonds is 3. The molecule has 2 N–H and O–H groups in total. The summed E-state index contributed by atoms with van der Waals surface area (Å²) >= 11 is 0. The largest absolute Gasteiger partial charge is 0.352 e. The van der Waals surface area contributed by atoms with E-state index in [0.29, 0.717) is 12.6 Å². The number of hydrogen-bond acceptors (Lipinski definition) is 5. The van der Waals surface area contributed by atoms with E-state index in [4.69, 9.17) is 0 Å². The van der Waals surface area contributed by atoms with Crippen molar-refractivity contribution in [3.05, 3.63) is 30.1 Å². The van der Waals surface area contributed by atoms with E-state index in [1.54, 1.807) is 12.4 Å². The van der Waals surface area contributed by atoms with Crippen molar-refractivity contribution in [2.75, 3.05) is 13.6 Å². The minimum atomic E-state index is -0.0349. The summed E-state index contributed by atoms with van der Waals surface area (Å²) in [6.45, 7) is 1.37. The van der Waals surface area contributed by atoms with Crippen LogP contribution < -0.4 is 10.7 Å². The fourth-order valence-electron chi connectivity index (χ4n) is 4.51. The SMILES string of the molecule is CN1C(=O)C2CCNN2C2CCC(C(=O)NCc3cccnc3)CC21.